The zero-order chi connectivity index (χ0) is 15.3. The Morgan fingerprint density at radius 1 is 1.19 bits per heavy atom. The summed E-state index contributed by atoms with van der Waals surface area (Å²) < 4.78 is 5.29. The van der Waals surface area contributed by atoms with E-state index in [4.69, 9.17) is 9.84 Å². The van der Waals surface area contributed by atoms with E-state index in [1.54, 1.807) is 4.90 Å². The lowest BCUT2D eigenvalue weighted by atomic mass is 9.69. The Kier molecular flexibility index (Phi) is 5.58. The summed E-state index contributed by atoms with van der Waals surface area (Å²) >= 11 is 0. The van der Waals surface area contributed by atoms with E-state index in [1.807, 2.05) is 0 Å². The van der Waals surface area contributed by atoms with E-state index in [0.29, 0.717) is 19.8 Å². The van der Waals surface area contributed by atoms with Crippen molar-refractivity contribution in [2.45, 2.75) is 51.0 Å². The van der Waals surface area contributed by atoms with Crippen molar-refractivity contribution in [3.63, 3.8) is 0 Å². The van der Waals surface area contributed by atoms with Crippen LogP contribution >= 0.6 is 0 Å². The minimum atomic E-state index is -0.828. The van der Waals surface area contributed by atoms with Crippen molar-refractivity contribution < 1.29 is 24.5 Å². The molecule has 0 bridgehead atoms. The number of amides is 1. The summed E-state index contributed by atoms with van der Waals surface area (Å²) in [5, 5.41) is 18.5. The summed E-state index contributed by atoms with van der Waals surface area (Å²) in [5.74, 6) is -0.870. The van der Waals surface area contributed by atoms with Crippen LogP contribution in [-0.2, 0) is 14.3 Å². The Hall–Kier alpha value is -1.14. The first-order chi connectivity index (χ1) is 10.1. The van der Waals surface area contributed by atoms with Crippen LogP contribution in [0.1, 0.15) is 44.9 Å². The van der Waals surface area contributed by atoms with Crippen LogP contribution in [0.5, 0.6) is 0 Å². The van der Waals surface area contributed by atoms with Gasteiger partial charge in [0, 0.05) is 13.0 Å². The average Bonchev–Trinajstić information content (AvgIpc) is 2.47. The van der Waals surface area contributed by atoms with Crippen LogP contribution in [0.3, 0.4) is 0 Å². The third-order valence-corrected chi connectivity index (χ3v) is 4.73. The molecule has 0 radical (unpaired) electrons. The summed E-state index contributed by atoms with van der Waals surface area (Å²) in [7, 11) is 0. The maximum Gasteiger partial charge on any atom is 0.303 e. The smallest absolute Gasteiger partial charge is 0.303 e. The molecule has 120 valence electrons. The molecule has 1 saturated carbocycles. The minimum absolute atomic E-state index is 0.0412. The fraction of sp³-hybridized carbons (Fsp3) is 0.867. The van der Waals surface area contributed by atoms with Crippen LogP contribution in [-0.4, -0.2) is 59.4 Å². The van der Waals surface area contributed by atoms with Crippen molar-refractivity contribution in [2.75, 3.05) is 26.4 Å². The number of aliphatic hydroxyl groups is 1. The van der Waals surface area contributed by atoms with E-state index in [2.05, 4.69) is 0 Å². The number of ether oxygens (including phenoxy) is 1. The number of aliphatic hydroxyl groups excluding tert-OH is 1. The van der Waals surface area contributed by atoms with Gasteiger partial charge in [0.15, 0.2) is 0 Å². The molecular weight excluding hydrogens is 274 g/mol. The number of hydrogen-bond acceptors (Lipinski definition) is 4. The fourth-order valence-electron chi connectivity index (χ4n) is 3.60. The first-order valence-electron chi connectivity index (χ1n) is 7.76. The molecule has 1 heterocycles. The van der Waals surface area contributed by atoms with Crippen molar-refractivity contribution in [3.8, 4) is 0 Å². The van der Waals surface area contributed by atoms with Gasteiger partial charge < -0.3 is 19.8 Å². The normalized spacial score (nSPS) is 25.6. The summed E-state index contributed by atoms with van der Waals surface area (Å²) in [6.07, 6.45) is 5.05. The third-order valence-electron chi connectivity index (χ3n) is 4.73. The highest BCUT2D eigenvalue weighted by atomic mass is 16.5. The number of nitrogens with zero attached hydrogens (tertiary/aromatic N) is 1. The zero-order valence-electron chi connectivity index (χ0n) is 12.4. The lowest BCUT2D eigenvalue weighted by Gasteiger charge is -2.40. The largest absolute Gasteiger partial charge is 0.481 e. The Bertz CT molecular complexity index is 378. The summed E-state index contributed by atoms with van der Waals surface area (Å²) in [5.41, 5.74) is -0.403. The van der Waals surface area contributed by atoms with Gasteiger partial charge in [-0.1, -0.05) is 19.3 Å². The lowest BCUT2D eigenvalue weighted by molar-refractivity contribution is -0.147. The van der Waals surface area contributed by atoms with E-state index in [0.717, 1.165) is 32.1 Å². The van der Waals surface area contributed by atoms with Crippen molar-refractivity contribution >= 4 is 11.9 Å². The molecule has 21 heavy (non-hydrogen) atoms. The number of carboxylic acids is 1. The molecule has 2 rings (SSSR count). The molecule has 2 N–H and O–H groups in total. The quantitative estimate of drug-likeness (QED) is 0.791. The lowest BCUT2D eigenvalue weighted by Crippen LogP contribution is -2.51. The second-order valence-corrected chi connectivity index (χ2v) is 6.31. The molecule has 1 amide bonds. The molecule has 1 atom stereocenters. The standard InChI is InChI=1S/C15H25NO5/c17-10-12-11-21-7-6-16(12)13(18)8-15(9-14(19)20)4-2-1-3-5-15/h12,17H,1-11H2,(H,19,20). The molecule has 2 fully saturated rings. The van der Waals surface area contributed by atoms with Gasteiger partial charge in [0.2, 0.25) is 5.91 Å². The van der Waals surface area contributed by atoms with Gasteiger partial charge in [-0.2, -0.15) is 0 Å². The molecular formula is C15H25NO5. The highest BCUT2D eigenvalue weighted by molar-refractivity contribution is 5.78. The Balaban J connectivity index is 2.04. The van der Waals surface area contributed by atoms with Gasteiger partial charge in [-0.15, -0.1) is 0 Å². The number of carbonyl (C=O) groups excluding carboxylic acids is 1. The van der Waals surface area contributed by atoms with E-state index in [9.17, 15) is 14.7 Å². The molecule has 1 aliphatic carbocycles. The highest BCUT2D eigenvalue weighted by Gasteiger charge is 2.39. The molecule has 0 aromatic heterocycles. The number of rotatable bonds is 5. The van der Waals surface area contributed by atoms with E-state index < -0.39 is 11.4 Å². The first kappa shape index (κ1) is 16.2. The maximum absolute atomic E-state index is 12.6. The molecule has 2 aliphatic rings. The second kappa shape index (κ2) is 7.22. The first-order valence-corrected chi connectivity index (χ1v) is 7.76. The second-order valence-electron chi connectivity index (χ2n) is 6.31. The monoisotopic (exact) mass is 299 g/mol. The van der Waals surface area contributed by atoms with Gasteiger partial charge in [0.1, 0.15) is 0 Å². The zero-order valence-corrected chi connectivity index (χ0v) is 12.4. The van der Waals surface area contributed by atoms with Crippen molar-refractivity contribution in [1.29, 1.82) is 0 Å². The van der Waals surface area contributed by atoms with Gasteiger partial charge >= 0.3 is 5.97 Å². The number of hydrogen-bond donors (Lipinski definition) is 2. The van der Waals surface area contributed by atoms with Gasteiger partial charge in [-0.05, 0) is 18.3 Å². The Morgan fingerprint density at radius 3 is 2.52 bits per heavy atom. The van der Waals surface area contributed by atoms with Crippen LogP contribution in [0.25, 0.3) is 0 Å². The van der Waals surface area contributed by atoms with Crippen molar-refractivity contribution in [1.82, 2.24) is 4.90 Å². The van der Waals surface area contributed by atoms with E-state index >= 15 is 0 Å². The molecule has 1 unspecified atom stereocenters. The SMILES string of the molecule is O=C(O)CC1(CC(=O)N2CCOCC2CO)CCCCC1. The fourth-order valence-corrected chi connectivity index (χ4v) is 3.60. The average molecular weight is 299 g/mol. The molecule has 0 aromatic carbocycles. The predicted octanol–water partition coefficient (Wildman–Crippen LogP) is 1.02. The topological polar surface area (TPSA) is 87.1 Å². The summed E-state index contributed by atoms with van der Waals surface area (Å²) in [6.45, 7) is 1.20. The Morgan fingerprint density at radius 2 is 1.90 bits per heavy atom. The van der Waals surface area contributed by atoms with Crippen LogP contribution in [0.15, 0.2) is 0 Å². The summed E-state index contributed by atoms with van der Waals surface area (Å²) in [6, 6.07) is -0.295. The van der Waals surface area contributed by atoms with Gasteiger partial charge in [-0.3, -0.25) is 9.59 Å². The van der Waals surface area contributed by atoms with E-state index in [-0.39, 0.29) is 31.4 Å². The van der Waals surface area contributed by atoms with Crippen LogP contribution in [0.2, 0.25) is 0 Å². The number of carboxylic acid groups (broad SMARTS) is 1. The van der Waals surface area contributed by atoms with Crippen molar-refractivity contribution in [2.24, 2.45) is 5.41 Å². The van der Waals surface area contributed by atoms with Crippen LogP contribution < -0.4 is 0 Å². The molecule has 6 heteroatoms. The number of aliphatic carboxylic acids is 1. The minimum Gasteiger partial charge on any atom is -0.481 e. The van der Waals surface area contributed by atoms with Gasteiger partial charge in [0.05, 0.1) is 32.3 Å². The molecule has 0 spiro atoms. The molecule has 1 aliphatic heterocycles. The highest BCUT2D eigenvalue weighted by Crippen LogP contribution is 2.42. The van der Waals surface area contributed by atoms with E-state index in [1.165, 1.54) is 0 Å². The van der Waals surface area contributed by atoms with Crippen LogP contribution in [0.4, 0.5) is 0 Å². The molecule has 1 saturated heterocycles. The Labute approximate surface area is 125 Å². The maximum atomic E-state index is 12.6. The third kappa shape index (κ3) is 4.17. The predicted molar refractivity (Wildman–Crippen MR) is 75.8 cm³/mol. The van der Waals surface area contributed by atoms with Crippen LogP contribution in [0, 0.1) is 5.41 Å². The summed E-state index contributed by atoms with van der Waals surface area (Å²) in [4.78, 5) is 25.4. The van der Waals surface area contributed by atoms with Gasteiger partial charge in [-0.25, -0.2) is 0 Å². The number of carbonyl (C=O) groups is 2. The molecule has 6 nitrogen and oxygen atoms in total. The molecule has 0 aromatic rings. The van der Waals surface area contributed by atoms with Crippen molar-refractivity contribution in [3.05, 3.63) is 0 Å². The van der Waals surface area contributed by atoms with Gasteiger partial charge in [0.25, 0.3) is 0 Å². The number of morpholine rings is 1.